The van der Waals surface area contributed by atoms with E-state index in [0.29, 0.717) is 0 Å². The maximum absolute atomic E-state index is 12.7. The monoisotopic (exact) mass is 332 g/mol. The molecule has 0 heterocycles. The molecule has 4 heteroatoms. The van der Waals surface area contributed by atoms with E-state index in [1.165, 1.54) is 0 Å². The molecule has 1 aromatic carbocycles. The molecule has 0 aliphatic heterocycles. The van der Waals surface area contributed by atoms with Gasteiger partial charge in [-0.05, 0) is 36.8 Å². The van der Waals surface area contributed by atoms with E-state index >= 15 is 0 Å². The maximum Gasteiger partial charge on any atom is 0.242 e. The highest BCUT2D eigenvalue weighted by Crippen LogP contribution is 2.27. The summed E-state index contributed by atoms with van der Waals surface area (Å²) in [6.07, 6.45) is 3.54. The number of hydrogen-bond acceptors (Lipinski definition) is 2. The summed E-state index contributed by atoms with van der Waals surface area (Å²) in [5.74, 6) is -0.0474. The summed E-state index contributed by atoms with van der Waals surface area (Å²) in [5.41, 5.74) is 3.17. The largest absolute Gasteiger partial charge is 0.341 e. The lowest BCUT2D eigenvalue weighted by Crippen LogP contribution is -2.43. The fourth-order valence-electron chi connectivity index (χ4n) is 3.05. The zero-order chi connectivity index (χ0) is 18.1. The van der Waals surface area contributed by atoms with Crippen LogP contribution in [0.2, 0.25) is 0 Å². The van der Waals surface area contributed by atoms with E-state index in [-0.39, 0.29) is 18.4 Å². The Hall–Kier alpha value is -1.84. The molecule has 0 spiro atoms. The van der Waals surface area contributed by atoms with Gasteiger partial charge in [-0.1, -0.05) is 45.9 Å². The number of carbonyl (C=O) groups is 2. The first-order valence-corrected chi connectivity index (χ1v) is 9.16. The summed E-state index contributed by atoms with van der Waals surface area (Å²) in [7, 11) is 0. The van der Waals surface area contributed by atoms with E-state index < -0.39 is 0 Å². The molecule has 4 nitrogen and oxygen atoms in total. The number of hydrogen-bond donors (Lipinski definition) is 0. The van der Waals surface area contributed by atoms with Crippen molar-refractivity contribution in [1.29, 1.82) is 0 Å². The molecule has 0 saturated heterocycles. The van der Waals surface area contributed by atoms with Crippen molar-refractivity contribution in [2.45, 2.75) is 60.3 Å². The van der Waals surface area contributed by atoms with Crippen molar-refractivity contribution in [2.75, 3.05) is 24.5 Å². The fourth-order valence-corrected chi connectivity index (χ4v) is 3.05. The molecule has 0 unspecified atom stereocenters. The molecule has 0 fully saturated rings. The SMILES string of the molecule is CCCN(CCC)C(=O)CN(C(C)=O)c1c(CC)cccc1CC. The molecule has 0 N–H and O–H groups in total. The number of nitrogens with zero attached hydrogens (tertiary/aromatic N) is 2. The number of aryl methyl sites for hydroxylation is 2. The minimum atomic E-state index is -0.0769. The highest BCUT2D eigenvalue weighted by Gasteiger charge is 2.23. The van der Waals surface area contributed by atoms with Crippen molar-refractivity contribution in [3.8, 4) is 0 Å². The molecule has 0 saturated carbocycles. The van der Waals surface area contributed by atoms with Crippen LogP contribution in [0.25, 0.3) is 0 Å². The van der Waals surface area contributed by atoms with Crippen molar-refractivity contribution >= 4 is 17.5 Å². The lowest BCUT2D eigenvalue weighted by Gasteiger charge is -2.29. The van der Waals surface area contributed by atoms with Crippen molar-refractivity contribution in [2.24, 2.45) is 0 Å². The number of carbonyl (C=O) groups excluding carboxylic acids is 2. The van der Waals surface area contributed by atoms with Gasteiger partial charge in [0.25, 0.3) is 0 Å². The first-order chi connectivity index (χ1) is 11.5. The summed E-state index contributed by atoms with van der Waals surface area (Å²) >= 11 is 0. The Balaban J connectivity index is 3.16. The zero-order valence-corrected chi connectivity index (χ0v) is 15.9. The van der Waals surface area contributed by atoms with Gasteiger partial charge in [0.2, 0.25) is 11.8 Å². The molecule has 0 bridgehead atoms. The van der Waals surface area contributed by atoms with Gasteiger partial charge in [-0.15, -0.1) is 0 Å². The maximum atomic E-state index is 12.7. The van der Waals surface area contributed by atoms with E-state index in [1.807, 2.05) is 23.1 Å². The first-order valence-electron chi connectivity index (χ1n) is 9.16. The van der Waals surface area contributed by atoms with Crippen molar-refractivity contribution in [3.63, 3.8) is 0 Å². The van der Waals surface area contributed by atoms with Gasteiger partial charge in [0.15, 0.2) is 0 Å². The lowest BCUT2D eigenvalue weighted by atomic mass is 10.0. The standard InChI is InChI=1S/C20H32N2O2/c1-6-13-21(14-7-2)19(24)15-22(16(5)23)20-17(8-3)11-10-12-18(20)9-4/h10-12H,6-9,13-15H2,1-5H3. The Kier molecular flexibility index (Phi) is 8.51. The zero-order valence-electron chi connectivity index (χ0n) is 15.9. The number of benzene rings is 1. The number of anilines is 1. The molecule has 0 aromatic heterocycles. The molecule has 1 rings (SSSR count). The first kappa shape index (κ1) is 20.2. The number of rotatable bonds is 9. The summed E-state index contributed by atoms with van der Waals surface area (Å²) in [5, 5.41) is 0. The lowest BCUT2D eigenvalue weighted by molar-refractivity contribution is -0.131. The van der Waals surface area contributed by atoms with Crippen LogP contribution >= 0.6 is 0 Å². The summed E-state index contributed by atoms with van der Waals surface area (Å²) in [4.78, 5) is 28.6. The van der Waals surface area contributed by atoms with E-state index in [2.05, 4.69) is 27.7 Å². The highest BCUT2D eigenvalue weighted by atomic mass is 16.2. The predicted molar refractivity (Wildman–Crippen MR) is 100 cm³/mol. The third kappa shape index (κ3) is 5.08. The van der Waals surface area contributed by atoms with Crippen LogP contribution in [0.15, 0.2) is 18.2 Å². The van der Waals surface area contributed by atoms with Crippen LogP contribution in [0, 0.1) is 0 Å². The fraction of sp³-hybridized carbons (Fsp3) is 0.600. The van der Waals surface area contributed by atoms with Crippen LogP contribution in [-0.2, 0) is 22.4 Å². The van der Waals surface area contributed by atoms with Gasteiger partial charge in [-0.3, -0.25) is 9.59 Å². The van der Waals surface area contributed by atoms with Crippen LogP contribution in [0.3, 0.4) is 0 Å². The smallest absolute Gasteiger partial charge is 0.242 e. The molecular formula is C20H32N2O2. The van der Waals surface area contributed by atoms with Crippen LogP contribution in [0.5, 0.6) is 0 Å². The molecule has 0 aliphatic carbocycles. The topological polar surface area (TPSA) is 40.6 Å². The second-order valence-corrected chi connectivity index (χ2v) is 6.12. The van der Waals surface area contributed by atoms with E-state index in [0.717, 1.165) is 55.6 Å². The number of amides is 2. The van der Waals surface area contributed by atoms with Crippen molar-refractivity contribution < 1.29 is 9.59 Å². The molecule has 0 atom stereocenters. The van der Waals surface area contributed by atoms with Crippen LogP contribution in [0.1, 0.15) is 58.6 Å². The van der Waals surface area contributed by atoms with Gasteiger partial charge in [0.1, 0.15) is 6.54 Å². The van der Waals surface area contributed by atoms with E-state index in [9.17, 15) is 9.59 Å². The normalized spacial score (nSPS) is 10.5. The van der Waals surface area contributed by atoms with Crippen LogP contribution in [0.4, 0.5) is 5.69 Å². The van der Waals surface area contributed by atoms with Crippen LogP contribution in [-0.4, -0.2) is 36.3 Å². The predicted octanol–water partition coefficient (Wildman–Crippen LogP) is 3.81. The second kappa shape index (κ2) is 10.1. The number of para-hydroxylation sites is 1. The minimum Gasteiger partial charge on any atom is -0.341 e. The van der Waals surface area contributed by atoms with Gasteiger partial charge in [-0.25, -0.2) is 0 Å². The molecule has 0 aliphatic rings. The Morgan fingerprint density at radius 1 is 0.917 bits per heavy atom. The van der Waals surface area contributed by atoms with Crippen molar-refractivity contribution in [3.05, 3.63) is 29.3 Å². The third-order valence-corrected chi connectivity index (χ3v) is 4.25. The molecule has 1 aromatic rings. The van der Waals surface area contributed by atoms with Crippen LogP contribution < -0.4 is 4.90 Å². The molecule has 0 radical (unpaired) electrons. The van der Waals surface area contributed by atoms with E-state index in [4.69, 9.17) is 0 Å². The molecule has 24 heavy (non-hydrogen) atoms. The molecular weight excluding hydrogens is 300 g/mol. The molecule has 2 amide bonds. The van der Waals surface area contributed by atoms with Gasteiger partial charge in [0, 0.05) is 20.0 Å². The summed E-state index contributed by atoms with van der Waals surface area (Å²) in [6, 6.07) is 6.12. The average molecular weight is 332 g/mol. The Morgan fingerprint density at radius 2 is 1.42 bits per heavy atom. The quantitative estimate of drug-likeness (QED) is 0.690. The van der Waals surface area contributed by atoms with Gasteiger partial charge < -0.3 is 9.80 Å². The Bertz CT molecular complexity index is 526. The average Bonchev–Trinajstić information content (AvgIpc) is 2.58. The Labute approximate surface area is 146 Å². The minimum absolute atomic E-state index is 0.0295. The second-order valence-electron chi connectivity index (χ2n) is 6.12. The Morgan fingerprint density at radius 3 is 1.79 bits per heavy atom. The summed E-state index contributed by atoms with van der Waals surface area (Å²) < 4.78 is 0. The van der Waals surface area contributed by atoms with Gasteiger partial charge in [-0.2, -0.15) is 0 Å². The van der Waals surface area contributed by atoms with Gasteiger partial charge >= 0.3 is 0 Å². The summed E-state index contributed by atoms with van der Waals surface area (Å²) in [6.45, 7) is 11.5. The van der Waals surface area contributed by atoms with Crippen molar-refractivity contribution in [1.82, 2.24) is 4.90 Å². The molecule has 134 valence electrons. The van der Waals surface area contributed by atoms with E-state index in [1.54, 1.807) is 11.8 Å². The highest BCUT2D eigenvalue weighted by molar-refractivity contribution is 5.98. The third-order valence-electron chi connectivity index (χ3n) is 4.25. The van der Waals surface area contributed by atoms with Gasteiger partial charge in [0.05, 0.1) is 5.69 Å².